The van der Waals surface area contributed by atoms with Gasteiger partial charge in [-0.1, -0.05) is 0 Å². The average Bonchev–Trinajstić information content (AvgIpc) is 2.62. The van der Waals surface area contributed by atoms with E-state index in [1.54, 1.807) is 0 Å². The lowest BCUT2D eigenvalue weighted by Gasteiger charge is -2.45. The highest BCUT2D eigenvalue weighted by Crippen LogP contribution is 2.59. The summed E-state index contributed by atoms with van der Waals surface area (Å²) < 4.78 is 11.6. The molecular formula is C11H16O3. The number of Topliss-reactive ketones (excluding diaryl/α,β-unsaturated/α-hetero) is 1. The highest BCUT2D eigenvalue weighted by molar-refractivity contribution is 5.92. The first-order valence-electron chi connectivity index (χ1n) is 5.44. The van der Waals surface area contributed by atoms with E-state index in [-0.39, 0.29) is 11.9 Å². The summed E-state index contributed by atoms with van der Waals surface area (Å²) in [6.45, 7) is 4.67. The molecule has 0 N–H and O–H groups in total. The third kappa shape index (κ3) is 0.751. The molecule has 3 atom stereocenters. The van der Waals surface area contributed by atoms with Gasteiger partial charge in [-0.2, -0.15) is 0 Å². The molecule has 0 aromatic carbocycles. The molecule has 0 amide bonds. The Balaban J connectivity index is 2.06. The van der Waals surface area contributed by atoms with E-state index in [0.717, 1.165) is 25.9 Å². The zero-order chi connectivity index (χ0) is 9.97. The maximum atomic E-state index is 11.9. The molecule has 3 aliphatic rings. The lowest BCUT2D eigenvalue weighted by Crippen LogP contribution is -2.55. The second kappa shape index (κ2) is 2.39. The third-order valence-electron chi connectivity index (χ3n) is 4.15. The largest absolute Gasteiger partial charge is 0.349 e. The molecule has 78 valence electrons. The molecule has 3 aliphatic heterocycles. The number of hydrogen-bond donors (Lipinski definition) is 0. The number of carbonyl (C=O) groups is 1. The lowest BCUT2D eigenvalue weighted by atomic mass is 9.66. The number of fused-ring (bicyclic) bond motifs is 1. The summed E-state index contributed by atoms with van der Waals surface area (Å²) in [4.78, 5) is 11.9. The Bertz CT molecular complexity index is 297. The van der Waals surface area contributed by atoms with Crippen LogP contribution in [0, 0.1) is 11.3 Å². The van der Waals surface area contributed by atoms with E-state index in [1.165, 1.54) is 0 Å². The molecule has 3 heteroatoms. The van der Waals surface area contributed by atoms with E-state index in [1.807, 2.05) is 13.8 Å². The number of hydrogen-bond acceptors (Lipinski definition) is 3. The first-order chi connectivity index (χ1) is 6.58. The molecule has 3 heterocycles. The maximum absolute atomic E-state index is 11.9. The first kappa shape index (κ1) is 8.86. The quantitative estimate of drug-likeness (QED) is 0.589. The smallest absolute Gasteiger partial charge is 0.184 e. The van der Waals surface area contributed by atoms with Gasteiger partial charge in [0.05, 0.1) is 12.0 Å². The van der Waals surface area contributed by atoms with Crippen molar-refractivity contribution in [1.29, 1.82) is 0 Å². The first-order valence-corrected chi connectivity index (χ1v) is 5.44. The van der Waals surface area contributed by atoms with Crippen LogP contribution >= 0.6 is 0 Å². The number of ether oxygens (including phenoxy) is 2. The molecule has 0 unspecified atom stereocenters. The van der Waals surface area contributed by atoms with Crippen molar-refractivity contribution in [3.8, 4) is 0 Å². The summed E-state index contributed by atoms with van der Waals surface area (Å²) in [5, 5.41) is 0. The molecule has 14 heavy (non-hydrogen) atoms. The second-order valence-electron chi connectivity index (χ2n) is 5.19. The van der Waals surface area contributed by atoms with Gasteiger partial charge in [0.1, 0.15) is 6.10 Å². The molecular weight excluding hydrogens is 180 g/mol. The molecule has 0 saturated carbocycles. The Morgan fingerprint density at radius 1 is 1.43 bits per heavy atom. The van der Waals surface area contributed by atoms with E-state index in [2.05, 4.69) is 0 Å². The van der Waals surface area contributed by atoms with Crippen LogP contribution in [0.15, 0.2) is 0 Å². The molecule has 3 saturated heterocycles. The van der Waals surface area contributed by atoms with Gasteiger partial charge in [0, 0.05) is 5.92 Å². The van der Waals surface area contributed by atoms with Crippen LogP contribution < -0.4 is 0 Å². The molecule has 0 aromatic heterocycles. The number of carbonyl (C=O) groups excluding carboxylic acids is 1. The highest BCUT2D eigenvalue weighted by atomic mass is 16.7. The summed E-state index contributed by atoms with van der Waals surface area (Å²) >= 11 is 0. The fourth-order valence-electron chi connectivity index (χ4n) is 3.36. The monoisotopic (exact) mass is 196 g/mol. The molecule has 1 spiro atoms. The van der Waals surface area contributed by atoms with Gasteiger partial charge in [-0.05, 0) is 33.1 Å². The van der Waals surface area contributed by atoms with Gasteiger partial charge in [0.2, 0.25) is 0 Å². The van der Waals surface area contributed by atoms with Crippen molar-refractivity contribution in [1.82, 2.24) is 0 Å². The van der Waals surface area contributed by atoms with Gasteiger partial charge in [0.25, 0.3) is 0 Å². The predicted molar refractivity (Wildman–Crippen MR) is 49.7 cm³/mol. The molecule has 0 aromatic rings. The maximum Gasteiger partial charge on any atom is 0.184 e. The van der Waals surface area contributed by atoms with Crippen LogP contribution in [0.1, 0.15) is 33.1 Å². The molecule has 0 aliphatic carbocycles. The fraction of sp³-hybridized carbons (Fsp3) is 0.909. The van der Waals surface area contributed by atoms with Crippen molar-refractivity contribution in [2.45, 2.75) is 45.0 Å². The van der Waals surface area contributed by atoms with E-state index in [9.17, 15) is 4.79 Å². The van der Waals surface area contributed by atoms with Crippen molar-refractivity contribution in [2.24, 2.45) is 11.3 Å². The zero-order valence-corrected chi connectivity index (χ0v) is 8.71. The summed E-state index contributed by atoms with van der Waals surface area (Å²) in [6.07, 6.45) is 2.94. The van der Waals surface area contributed by atoms with Crippen LogP contribution in [-0.2, 0) is 14.3 Å². The molecule has 3 fully saturated rings. The SMILES string of the molecule is CC1(C)C(=O)[C@@H]2C[C@H]3CCCO[C@@]31O2. The van der Waals surface area contributed by atoms with E-state index < -0.39 is 11.2 Å². The Morgan fingerprint density at radius 2 is 2.21 bits per heavy atom. The predicted octanol–water partition coefficient (Wildman–Crippen LogP) is 1.51. The van der Waals surface area contributed by atoms with E-state index >= 15 is 0 Å². The van der Waals surface area contributed by atoms with Gasteiger partial charge < -0.3 is 9.47 Å². The molecule has 0 radical (unpaired) electrons. The van der Waals surface area contributed by atoms with Crippen LogP contribution in [0.5, 0.6) is 0 Å². The summed E-state index contributed by atoms with van der Waals surface area (Å²) in [7, 11) is 0. The Kier molecular flexibility index (Phi) is 1.51. The fourth-order valence-corrected chi connectivity index (χ4v) is 3.36. The van der Waals surface area contributed by atoms with Gasteiger partial charge in [-0.15, -0.1) is 0 Å². The van der Waals surface area contributed by atoms with Crippen molar-refractivity contribution >= 4 is 5.78 Å². The Labute approximate surface area is 83.8 Å². The van der Waals surface area contributed by atoms with Crippen LogP contribution in [0.3, 0.4) is 0 Å². The van der Waals surface area contributed by atoms with Gasteiger partial charge in [-0.25, -0.2) is 0 Å². The highest BCUT2D eigenvalue weighted by Gasteiger charge is 2.70. The van der Waals surface area contributed by atoms with Crippen LogP contribution in [-0.4, -0.2) is 24.3 Å². The van der Waals surface area contributed by atoms with E-state index in [0.29, 0.717) is 5.92 Å². The van der Waals surface area contributed by atoms with Crippen molar-refractivity contribution in [2.75, 3.05) is 6.61 Å². The molecule has 3 nitrogen and oxygen atoms in total. The van der Waals surface area contributed by atoms with Gasteiger partial charge in [0.15, 0.2) is 11.6 Å². The molecule has 2 bridgehead atoms. The number of ketones is 1. The van der Waals surface area contributed by atoms with Crippen LogP contribution in [0.4, 0.5) is 0 Å². The molecule has 3 rings (SSSR count). The average molecular weight is 196 g/mol. The van der Waals surface area contributed by atoms with Gasteiger partial charge in [-0.3, -0.25) is 4.79 Å². The van der Waals surface area contributed by atoms with E-state index in [4.69, 9.17) is 9.47 Å². The normalized spacial score (nSPS) is 49.4. The van der Waals surface area contributed by atoms with Crippen molar-refractivity contribution < 1.29 is 14.3 Å². The van der Waals surface area contributed by atoms with Crippen molar-refractivity contribution in [3.63, 3.8) is 0 Å². The summed E-state index contributed by atoms with van der Waals surface area (Å²) in [5.74, 6) is 0.0945. The van der Waals surface area contributed by atoms with Crippen LogP contribution in [0.25, 0.3) is 0 Å². The second-order valence-corrected chi connectivity index (χ2v) is 5.19. The summed E-state index contributed by atoms with van der Waals surface area (Å²) in [5.41, 5.74) is -0.443. The Hall–Kier alpha value is -0.410. The van der Waals surface area contributed by atoms with Crippen LogP contribution in [0.2, 0.25) is 0 Å². The topological polar surface area (TPSA) is 35.5 Å². The number of rotatable bonds is 0. The van der Waals surface area contributed by atoms with Gasteiger partial charge >= 0.3 is 0 Å². The third-order valence-corrected chi connectivity index (χ3v) is 4.15. The lowest BCUT2D eigenvalue weighted by molar-refractivity contribution is -0.277. The minimum Gasteiger partial charge on any atom is -0.349 e. The zero-order valence-electron chi connectivity index (χ0n) is 8.71. The minimum atomic E-state index is -0.576. The Morgan fingerprint density at radius 3 is 2.93 bits per heavy atom. The standard InChI is InChI=1S/C11H16O3/c1-10(2)9(12)8-6-7-4-3-5-13-11(7,10)14-8/h7-8H,3-6H2,1-2H3/t7-,8+,11-/m1/s1. The summed E-state index contributed by atoms with van der Waals surface area (Å²) in [6, 6.07) is 0. The van der Waals surface area contributed by atoms with Crippen molar-refractivity contribution in [3.05, 3.63) is 0 Å². The minimum absolute atomic E-state index is 0.187.